The Morgan fingerprint density at radius 1 is 1.29 bits per heavy atom. The van der Waals surface area contributed by atoms with Crippen LogP contribution in [0.25, 0.3) is 0 Å². The zero-order valence-electron chi connectivity index (χ0n) is 13.2. The van der Waals surface area contributed by atoms with Gasteiger partial charge in [0.2, 0.25) is 5.91 Å². The van der Waals surface area contributed by atoms with Crippen molar-refractivity contribution >= 4 is 11.6 Å². The Hall–Kier alpha value is -1.39. The highest BCUT2D eigenvalue weighted by Crippen LogP contribution is 2.20. The molecule has 0 saturated carbocycles. The van der Waals surface area contributed by atoms with Gasteiger partial charge < -0.3 is 10.2 Å². The van der Waals surface area contributed by atoms with Gasteiger partial charge in [-0.25, -0.2) is 0 Å². The number of nitrogens with one attached hydrogen (secondary N) is 1. The van der Waals surface area contributed by atoms with Gasteiger partial charge in [0, 0.05) is 12.7 Å². The number of likely N-dealkylation sites (tertiary alicyclic amines) is 1. The van der Waals surface area contributed by atoms with Gasteiger partial charge in [-0.1, -0.05) is 18.2 Å². The van der Waals surface area contributed by atoms with Crippen molar-refractivity contribution in [3.63, 3.8) is 0 Å². The van der Waals surface area contributed by atoms with Gasteiger partial charge in [0.05, 0.1) is 6.54 Å². The van der Waals surface area contributed by atoms with E-state index in [0.717, 1.165) is 31.2 Å². The van der Waals surface area contributed by atoms with Crippen LogP contribution < -0.4 is 10.2 Å². The van der Waals surface area contributed by atoms with Crippen LogP contribution in [0.5, 0.6) is 0 Å². The topological polar surface area (TPSA) is 35.6 Å². The number of para-hydroxylation sites is 1. The zero-order valence-corrected chi connectivity index (χ0v) is 13.2. The molecule has 1 fully saturated rings. The number of benzene rings is 1. The summed E-state index contributed by atoms with van der Waals surface area (Å²) in [4.78, 5) is 16.4. The molecule has 4 nitrogen and oxygen atoms in total. The second kappa shape index (κ2) is 8.15. The van der Waals surface area contributed by atoms with Gasteiger partial charge in [0.25, 0.3) is 0 Å². The van der Waals surface area contributed by atoms with E-state index in [0.29, 0.717) is 6.54 Å². The van der Waals surface area contributed by atoms with Crippen LogP contribution in [0.1, 0.15) is 19.3 Å². The van der Waals surface area contributed by atoms with Crippen molar-refractivity contribution < 1.29 is 4.79 Å². The predicted octanol–water partition coefficient (Wildman–Crippen LogP) is 1.97. The third kappa shape index (κ3) is 4.83. The number of piperidine rings is 1. The highest BCUT2D eigenvalue weighted by Gasteiger charge is 2.22. The first-order chi connectivity index (χ1) is 10.2. The Morgan fingerprint density at radius 3 is 2.57 bits per heavy atom. The van der Waals surface area contributed by atoms with Crippen LogP contribution in [-0.4, -0.2) is 51.1 Å². The lowest BCUT2D eigenvalue weighted by molar-refractivity contribution is -0.119. The number of hydrogen-bond donors (Lipinski definition) is 1. The number of carbonyl (C=O) groups is 1. The molecule has 1 heterocycles. The molecule has 4 heteroatoms. The first-order valence-electron chi connectivity index (χ1n) is 7.89. The van der Waals surface area contributed by atoms with Gasteiger partial charge in [-0.05, 0) is 64.0 Å². The normalized spacial score (nSPS) is 16.9. The lowest BCUT2D eigenvalue weighted by atomic mass is 9.93. The van der Waals surface area contributed by atoms with E-state index in [1.54, 1.807) is 4.90 Å². The molecule has 0 unspecified atom stereocenters. The van der Waals surface area contributed by atoms with Crippen molar-refractivity contribution in [3.8, 4) is 0 Å². The maximum Gasteiger partial charge on any atom is 0.240 e. The average molecular weight is 289 g/mol. The quantitative estimate of drug-likeness (QED) is 0.870. The lowest BCUT2D eigenvalue weighted by Gasteiger charge is -2.32. The van der Waals surface area contributed by atoms with Crippen LogP contribution in [0, 0.1) is 5.92 Å². The van der Waals surface area contributed by atoms with Crippen molar-refractivity contribution in [1.82, 2.24) is 10.2 Å². The fraction of sp³-hybridized carbons (Fsp3) is 0.588. The largest absolute Gasteiger partial charge is 0.320 e. The number of likely N-dealkylation sites (N-methyl/N-ethyl adjacent to an activating group) is 1. The SMILES string of the molecule is CNCCC1CCN(CC(=O)N(C)c2ccccc2)CC1. The number of carbonyl (C=O) groups excluding carboxylic acids is 1. The highest BCUT2D eigenvalue weighted by atomic mass is 16.2. The Balaban J connectivity index is 1.77. The van der Waals surface area contributed by atoms with E-state index < -0.39 is 0 Å². The van der Waals surface area contributed by atoms with Gasteiger partial charge >= 0.3 is 0 Å². The summed E-state index contributed by atoms with van der Waals surface area (Å²) in [5.41, 5.74) is 0.964. The summed E-state index contributed by atoms with van der Waals surface area (Å²) in [6.07, 6.45) is 3.68. The van der Waals surface area contributed by atoms with E-state index in [-0.39, 0.29) is 5.91 Å². The minimum atomic E-state index is 0.176. The number of rotatable bonds is 6. The second-order valence-electron chi connectivity index (χ2n) is 5.90. The number of nitrogens with zero attached hydrogens (tertiary/aromatic N) is 2. The summed E-state index contributed by atoms with van der Waals surface area (Å²) < 4.78 is 0. The van der Waals surface area contributed by atoms with Gasteiger partial charge in [-0.2, -0.15) is 0 Å². The fourth-order valence-corrected chi connectivity index (χ4v) is 2.87. The van der Waals surface area contributed by atoms with E-state index in [4.69, 9.17) is 0 Å². The summed E-state index contributed by atoms with van der Waals surface area (Å²) in [6.45, 7) is 3.72. The molecule has 1 aromatic rings. The maximum absolute atomic E-state index is 12.3. The van der Waals surface area contributed by atoms with E-state index >= 15 is 0 Å². The smallest absolute Gasteiger partial charge is 0.240 e. The number of amides is 1. The summed E-state index contributed by atoms with van der Waals surface area (Å²) in [5.74, 6) is 0.991. The zero-order chi connectivity index (χ0) is 15.1. The minimum Gasteiger partial charge on any atom is -0.320 e. The molecular formula is C17H27N3O. The molecule has 0 atom stereocenters. The van der Waals surface area contributed by atoms with Gasteiger partial charge in [0.15, 0.2) is 0 Å². The van der Waals surface area contributed by atoms with E-state index in [1.165, 1.54) is 19.3 Å². The summed E-state index contributed by atoms with van der Waals surface area (Å²) in [7, 11) is 3.87. The van der Waals surface area contributed by atoms with E-state index in [2.05, 4.69) is 10.2 Å². The van der Waals surface area contributed by atoms with Gasteiger partial charge in [-0.15, -0.1) is 0 Å². The molecule has 0 aromatic heterocycles. The summed E-state index contributed by atoms with van der Waals surface area (Å²) >= 11 is 0. The molecule has 0 bridgehead atoms. The van der Waals surface area contributed by atoms with Crippen molar-refractivity contribution in [2.75, 3.05) is 45.2 Å². The van der Waals surface area contributed by atoms with Crippen LogP contribution in [0.2, 0.25) is 0 Å². The molecule has 0 aliphatic carbocycles. The van der Waals surface area contributed by atoms with Crippen LogP contribution in [-0.2, 0) is 4.79 Å². The molecule has 116 valence electrons. The summed E-state index contributed by atoms with van der Waals surface area (Å²) in [5, 5.41) is 3.22. The first-order valence-corrected chi connectivity index (χ1v) is 7.89. The van der Waals surface area contributed by atoms with Crippen molar-refractivity contribution in [3.05, 3.63) is 30.3 Å². The number of anilines is 1. The molecule has 1 aromatic carbocycles. The molecule has 1 aliphatic rings. The van der Waals surface area contributed by atoms with Crippen LogP contribution >= 0.6 is 0 Å². The Labute approximate surface area is 128 Å². The highest BCUT2D eigenvalue weighted by molar-refractivity contribution is 5.94. The minimum absolute atomic E-state index is 0.176. The molecule has 2 rings (SSSR count). The third-order valence-corrected chi connectivity index (χ3v) is 4.39. The predicted molar refractivity (Wildman–Crippen MR) is 87.6 cm³/mol. The van der Waals surface area contributed by atoms with Crippen LogP contribution in [0.3, 0.4) is 0 Å². The monoisotopic (exact) mass is 289 g/mol. The summed E-state index contributed by atoms with van der Waals surface area (Å²) in [6, 6.07) is 9.85. The molecule has 1 saturated heterocycles. The third-order valence-electron chi connectivity index (χ3n) is 4.39. The number of hydrogen-bond acceptors (Lipinski definition) is 3. The molecule has 21 heavy (non-hydrogen) atoms. The van der Waals surface area contributed by atoms with Gasteiger partial charge in [-0.3, -0.25) is 9.69 Å². The standard InChI is InChI=1S/C17H27N3O/c1-18-11-8-15-9-12-20(13-10-15)14-17(21)19(2)16-6-4-3-5-7-16/h3-7,15,18H,8-14H2,1-2H3. The molecular weight excluding hydrogens is 262 g/mol. The lowest BCUT2D eigenvalue weighted by Crippen LogP contribution is -2.42. The molecule has 1 amide bonds. The fourth-order valence-electron chi connectivity index (χ4n) is 2.87. The average Bonchev–Trinajstić information content (AvgIpc) is 2.54. The van der Waals surface area contributed by atoms with Crippen molar-refractivity contribution in [2.45, 2.75) is 19.3 Å². The second-order valence-corrected chi connectivity index (χ2v) is 5.90. The Bertz CT molecular complexity index is 427. The first kappa shape index (κ1) is 16.0. The molecule has 1 aliphatic heterocycles. The maximum atomic E-state index is 12.3. The van der Waals surface area contributed by atoms with E-state index in [9.17, 15) is 4.79 Å². The molecule has 0 spiro atoms. The van der Waals surface area contributed by atoms with E-state index in [1.807, 2.05) is 44.4 Å². The van der Waals surface area contributed by atoms with Crippen molar-refractivity contribution in [2.24, 2.45) is 5.92 Å². The van der Waals surface area contributed by atoms with Crippen LogP contribution in [0.15, 0.2) is 30.3 Å². The Kier molecular flexibility index (Phi) is 6.21. The van der Waals surface area contributed by atoms with Gasteiger partial charge in [0.1, 0.15) is 0 Å². The molecule has 1 N–H and O–H groups in total. The Morgan fingerprint density at radius 2 is 1.95 bits per heavy atom. The van der Waals surface area contributed by atoms with Crippen molar-refractivity contribution in [1.29, 1.82) is 0 Å². The molecule has 0 radical (unpaired) electrons. The van der Waals surface area contributed by atoms with Crippen LogP contribution in [0.4, 0.5) is 5.69 Å².